The quantitative estimate of drug-likeness (QED) is 0.428. The van der Waals surface area contributed by atoms with Gasteiger partial charge in [0.1, 0.15) is 38.2 Å². The molecule has 0 saturated heterocycles. The van der Waals surface area contributed by atoms with E-state index in [0.29, 0.717) is 57.2 Å². The predicted molar refractivity (Wildman–Crippen MR) is 128 cm³/mol. The molecule has 4 aromatic rings. The fraction of sp³-hybridized carbons (Fsp3) is 0.273. The molecule has 33 heavy (non-hydrogen) atoms. The number of nitrogens with zero attached hydrogens (tertiary/aromatic N) is 6. The highest BCUT2D eigenvalue weighted by Crippen LogP contribution is 2.45. The first-order valence-corrected chi connectivity index (χ1v) is 10.9. The maximum Gasteiger partial charge on any atom is 0.160 e. The van der Waals surface area contributed by atoms with Gasteiger partial charge in [-0.3, -0.25) is 9.67 Å². The minimum Gasteiger partial charge on any atom is -0.495 e. The summed E-state index contributed by atoms with van der Waals surface area (Å²) >= 11 is 13.1. The highest BCUT2D eigenvalue weighted by Gasteiger charge is 2.17. The lowest BCUT2D eigenvalue weighted by Crippen LogP contribution is -2.27. The minimum absolute atomic E-state index is 0.291. The molecule has 0 aliphatic carbocycles. The number of fused-ring (bicyclic) bond motifs is 1. The summed E-state index contributed by atoms with van der Waals surface area (Å²) in [4.78, 5) is 14.3. The largest absolute Gasteiger partial charge is 0.495 e. The number of pyridine rings is 1. The fourth-order valence-corrected chi connectivity index (χ4v) is 3.96. The number of benzene rings is 1. The van der Waals surface area contributed by atoms with Crippen LogP contribution in [0.1, 0.15) is 0 Å². The molecule has 0 atom stereocenters. The van der Waals surface area contributed by atoms with E-state index in [1.165, 1.54) is 14.2 Å². The number of aromatic nitrogens is 5. The Morgan fingerprint density at radius 3 is 2.42 bits per heavy atom. The molecule has 0 radical (unpaired) electrons. The van der Waals surface area contributed by atoms with Crippen LogP contribution in [0.4, 0.5) is 5.69 Å². The highest BCUT2D eigenvalue weighted by atomic mass is 35.5. The van der Waals surface area contributed by atoms with Crippen molar-refractivity contribution >= 4 is 40.1 Å². The summed E-state index contributed by atoms with van der Waals surface area (Å²) in [6, 6.07) is 5.35. The zero-order valence-corrected chi connectivity index (χ0v) is 20.1. The summed E-state index contributed by atoms with van der Waals surface area (Å²) in [5.74, 6) is 0.829. The van der Waals surface area contributed by atoms with Crippen molar-refractivity contribution in [3.63, 3.8) is 0 Å². The number of ether oxygens (including phenoxy) is 2. The molecule has 3 aromatic heterocycles. The molecular weight excluding hydrogens is 465 g/mol. The van der Waals surface area contributed by atoms with E-state index in [2.05, 4.69) is 15.4 Å². The molecule has 3 heterocycles. The average molecular weight is 488 g/mol. The number of hydrogen-bond donors (Lipinski definition) is 1. The number of aryl methyl sites for hydroxylation is 1. The van der Waals surface area contributed by atoms with Crippen LogP contribution in [0.2, 0.25) is 10.0 Å². The fourth-order valence-electron chi connectivity index (χ4n) is 3.38. The Morgan fingerprint density at radius 2 is 1.82 bits per heavy atom. The summed E-state index contributed by atoms with van der Waals surface area (Å²) in [5.41, 5.74) is 3.95. The number of hydrogen-bond acceptors (Lipinski definition) is 7. The molecule has 1 aromatic carbocycles. The summed E-state index contributed by atoms with van der Waals surface area (Å²) in [6.07, 6.45) is 5.38. The van der Waals surface area contributed by atoms with Gasteiger partial charge < -0.3 is 19.4 Å². The van der Waals surface area contributed by atoms with Crippen LogP contribution in [0.3, 0.4) is 0 Å². The predicted octanol–water partition coefficient (Wildman–Crippen LogP) is 3.61. The third-order valence-corrected chi connectivity index (χ3v) is 5.80. The molecule has 0 amide bonds. The maximum atomic E-state index is 6.56. The SMILES string of the molecule is CNCCn1/c(=N/c2c(Cl)c(OC)cc(OC)c2Cl)ccc2ncc(-c3cnn(C)c3)nc21. The molecule has 0 aliphatic heterocycles. The molecular formula is C22H23Cl2N7O2. The summed E-state index contributed by atoms with van der Waals surface area (Å²) in [6.45, 7) is 1.28. The lowest BCUT2D eigenvalue weighted by Gasteiger charge is -2.14. The Kier molecular flexibility index (Phi) is 6.83. The van der Waals surface area contributed by atoms with Gasteiger partial charge in [0.15, 0.2) is 5.65 Å². The van der Waals surface area contributed by atoms with Crippen LogP contribution in [0.15, 0.2) is 41.8 Å². The standard InChI is InChI=1S/C22H23Cl2N7O2/c1-25-7-8-31-18(29-21-19(23)16(32-3)9-17(33-4)20(21)24)6-5-14-22(31)28-15(11-26-14)13-10-27-30(2)12-13/h5-6,9-12,25H,7-8H2,1-4H3/b29-18+. The Labute approximate surface area is 200 Å². The van der Waals surface area contributed by atoms with Crippen LogP contribution < -0.4 is 20.3 Å². The van der Waals surface area contributed by atoms with Gasteiger partial charge in [-0.25, -0.2) is 9.98 Å². The minimum atomic E-state index is 0.291. The molecule has 0 bridgehead atoms. The monoisotopic (exact) mass is 487 g/mol. The van der Waals surface area contributed by atoms with Gasteiger partial charge in [0.05, 0.1) is 32.3 Å². The normalized spacial score (nSPS) is 11.9. The van der Waals surface area contributed by atoms with E-state index in [1.54, 1.807) is 23.1 Å². The van der Waals surface area contributed by atoms with Gasteiger partial charge in [-0.2, -0.15) is 5.10 Å². The third-order valence-electron chi connectivity index (χ3n) is 5.07. The van der Waals surface area contributed by atoms with Gasteiger partial charge in [0, 0.05) is 38.0 Å². The Balaban J connectivity index is 1.98. The molecule has 172 valence electrons. The van der Waals surface area contributed by atoms with Crippen molar-refractivity contribution in [2.24, 2.45) is 12.0 Å². The van der Waals surface area contributed by atoms with E-state index in [9.17, 15) is 0 Å². The molecule has 1 N–H and O–H groups in total. The van der Waals surface area contributed by atoms with Crippen LogP contribution >= 0.6 is 23.2 Å². The second kappa shape index (κ2) is 9.78. The highest BCUT2D eigenvalue weighted by molar-refractivity contribution is 6.40. The van der Waals surface area contributed by atoms with Crippen LogP contribution in [0, 0.1) is 0 Å². The molecule has 0 spiro atoms. The molecule has 4 rings (SSSR count). The van der Waals surface area contributed by atoms with Crippen molar-refractivity contribution < 1.29 is 9.47 Å². The maximum absolute atomic E-state index is 6.56. The van der Waals surface area contributed by atoms with Crippen molar-refractivity contribution in [3.8, 4) is 22.8 Å². The van der Waals surface area contributed by atoms with Gasteiger partial charge in [-0.05, 0) is 19.2 Å². The topological polar surface area (TPSA) is 91.4 Å². The van der Waals surface area contributed by atoms with Crippen molar-refractivity contribution in [1.29, 1.82) is 0 Å². The van der Waals surface area contributed by atoms with Crippen molar-refractivity contribution in [2.45, 2.75) is 6.54 Å². The van der Waals surface area contributed by atoms with Gasteiger partial charge in [-0.15, -0.1) is 0 Å². The molecule has 11 heteroatoms. The van der Waals surface area contributed by atoms with Crippen LogP contribution in [-0.4, -0.2) is 52.1 Å². The first kappa shape index (κ1) is 23.0. The first-order valence-electron chi connectivity index (χ1n) is 10.1. The van der Waals surface area contributed by atoms with Crippen molar-refractivity contribution in [3.05, 3.63) is 52.3 Å². The third kappa shape index (κ3) is 4.52. The van der Waals surface area contributed by atoms with Gasteiger partial charge in [0.25, 0.3) is 0 Å². The van der Waals surface area contributed by atoms with Crippen LogP contribution in [0.5, 0.6) is 11.5 Å². The van der Waals surface area contributed by atoms with E-state index >= 15 is 0 Å². The van der Waals surface area contributed by atoms with E-state index < -0.39 is 0 Å². The zero-order valence-electron chi connectivity index (χ0n) is 18.6. The zero-order chi connectivity index (χ0) is 23.5. The number of halogens is 2. The number of methoxy groups -OCH3 is 2. The van der Waals surface area contributed by atoms with Gasteiger partial charge in [0.2, 0.25) is 0 Å². The Morgan fingerprint density at radius 1 is 1.09 bits per heavy atom. The van der Waals surface area contributed by atoms with E-state index in [-0.39, 0.29) is 0 Å². The first-order chi connectivity index (χ1) is 16.0. The molecule has 0 fully saturated rings. The van der Waals surface area contributed by atoms with E-state index in [1.807, 2.05) is 37.0 Å². The smallest absolute Gasteiger partial charge is 0.160 e. The van der Waals surface area contributed by atoms with E-state index in [0.717, 1.165) is 11.1 Å². The molecule has 0 saturated carbocycles. The van der Waals surface area contributed by atoms with Crippen molar-refractivity contribution in [2.75, 3.05) is 27.8 Å². The summed E-state index contributed by atoms with van der Waals surface area (Å²) in [7, 11) is 6.79. The van der Waals surface area contributed by atoms with E-state index in [4.69, 9.17) is 42.7 Å². The lowest BCUT2D eigenvalue weighted by atomic mass is 10.2. The number of nitrogens with one attached hydrogen (secondary N) is 1. The van der Waals surface area contributed by atoms with Crippen LogP contribution in [-0.2, 0) is 13.6 Å². The molecule has 0 aliphatic rings. The van der Waals surface area contributed by atoms with Gasteiger partial charge >= 0.3 is 0 Å². The Bertz CT molecular complexity index is 1350. The Hall–Kier alpha value is -3.14. The molecule has 0 unspecified atom stereocenters. The van der Waals surface area contributed by atoms with Gasteiger partial charge in [-0.1, -0.05) is 23.2 Å². The second-order valence-corrected chi connectivity index (χ2v) is 7.94. The summed E-state index contributed by atoms with van der Waals surface area (Å²) in [5, 5.41) is 7.98. The molecule has 9 nitrogen and oxygen atoms in total. The number of likely N-dealkylation sites (N-methyl/N-ethyl adjacent to an activating group) is 1. The van der Waals surface area contributed by atoms with Crippen molar-refractivity contribution in [1.82, 2.24) is 29.6 Å². The number of rotatable bonds is 7. The van der Waals surface area contributed by atoms with Crippen LogP contribution in [0.25, 0.3) is 22.4 Å². The average Bonchev–Trinajstić information content (AvgIpc) is 3.26. The summed E-state index contributed by atoms with van der Waals surface area (Å²) < 4.78 is 14.4. The second-order valence-electron chi connectivity index (χ2n) is 7.18. The lowest BCUT2D eigenvalue weighted by molar-refractivity contribution is 0.395.